The lowest BCUT2D eigenvalue weighted by atomic mass is 10.0. The number of nitrogens with zero attached hydrogens (tertiary/aromatic N) is 3. The van der Waals surface area contributed by atoms with Crippen molar-refractivity contribution in [3.63, 3.8) is 0 Å². The highest BCUT2D eigenvalue weighted by Crippen LogP contribution is 2.31. The van der Waals surface area contributed by atoms with Crippen LogP contribution in [0, 0.1) is 11.6 Å². The van der Waals surface area contributed by atoms with E-state index in [-0.39, 0.29) is 11.5 Å². The van der Waals surface area contributed by atoms with Crippen molar-refractivity contribution in [1.82, 2.24) is 14.8 Å². The van der Waals surface area contributed by atoms with E-state index in [1.807, 2.05) is 0 Å². The molecule has 1 unspecified atom stereocenters. The first-order valence-corrected chi connectivity index (χ1v) is 5.56. The van der Waals surface area contributed by atoms with E-state index >= 15 is 0 Å². The van der Waals surface area contributed by atoms with E-state index in [0.29, 0.717) is 18.9 Å². The maximum atomic E-state index is 13.8. The van der Waals surface area contributed by atoms with Crippen molar-refractivity contribution >= 4 is 11.9 Å². The van der Waals surface area contributed by atoms with Crippen molar-refractivity contribution in [2.75, 3.05) is 17.6 Å². The molecule has 1 aromatic carbocycles. The molecule has 3 N–H and O–H groups in total. The normalized spacial score (nSPS) is 18.2. The lowest BCUT2D eigenvalue weighted by Gasteiger charge is -2.25. The van der Waals surface area contributed by atoms with Crippen LogP contribution in [0.15, 0.2) is 18.2 Å². The average Bonchev–Trinajstić information content (AvgIpc) is 2.70. The van der Waals surface area contributed by atoms with E-state index in [2.05, 4.69) is 15.4 Å². The molecule has 5 nitrogen and oxygen atoms in total. The number of anilines is 2. The van der Waals surface area contributed by atoms with E-state index in [1.165, 1.54) is 22.9 Å². The molecule has 1 atom stereocenters. The highest BCUT2D eigenvalue weighted by Gasteiger charge is 2.28. The van der Waals surface area contributed by atoms with Crippen LogP contribution in [-0.2, 0) is 0 Å². The van der Waals surface area contributed by atoms with Gasteiger partial charge in [0.15, 0.2) is 0 Å². The predicted octanol–water partition coefficient (Wildman–Crippen LogP) is 1.54. The van der Waals surface area contributed by atoms with Crippen LogP contribution >= 0.6 is 0 Å². The summed E-state index contributed by atoms with van der Waals surface area (Å²) in [6, 6.07) is 3.29. The molecule has 94 valence electrons. The molecule has 3 rings (SSSR count). The molecular weight excluding hydrogens is 240 g/mol. The van der Waals surface area contributed by atoms with Gasteiger partial charge in [-0.2, -0.15) is 4.98 Å². The first-order chi connectivity index (χ1) is 8.66. The van der Waals surface area contributed by atoms with Crippen molar-refractivity contribution in [2.24, 2.45) is 0 Å². The smallest absolute Gasteiger partial charge is 0.241 e. The number of nitrogens with two attached hydrogens (primary N) is 1. The van der Waals surface area contributed by atoms with Crippen molar-refractivity contribution < 1.29 is 8.78 Å². The van der Waals surface area contributed by atoms with Crippen molar-refractivity contribution in [3.05, 3.63) is 35.4 Å². The van der Waals surface area contributed by atoms with Gasteiger partial charge in [-0.3, -0.25) is 0 Å². The van der Waals surface area contributed by atoms with Gasteiger partial charge in [0.2, 0.25) is 11.9 Å². The van der Waals surface area contributed by atoms with Gasteiger partial charge in [-0.05, 0) is 18.6 Å². The average molecular weight is 251 g/mol. The number of fused-ring (bicyclic) bond motifs is 1. The van der Waals surface area contributed by atoms with E-state index in [1.54, 1.807) is 0 Å². The minimum absolute atomic E-state index is 0.00477. The highest BCUT2D eigenvalue weighted by molar-refractivity contribution is 5.37. The Hall–Kier alpha value is -2.18. The first-order valence-electron chi connectivity index (χ1n) is 5.56. The van der Waals surface area contributed by atoms with Crippen molar-refractivity contribution in [2.45, 2.75) is 12.5 Å². The Morgan fingerprint density at radius 3 is 2.78 bits per heavy atom. The van der Waals surface area contributed by atoms with Gasteiger partial charge in [-0.1, -0.05) is 6.07 Å². The van der Waals surface area contributed by atoms with Crippen LogP contribution in [0.4, 0.5) is 20.7 Å². The van der Waals surface area contributed by atoms with Crippen LogP contribution in [0.2, 0.25) is 0 Å². The molecule has 1 aliphatic heterocycles. The lowest BCUT2D eigenvalue weighted by Crippen LogP contribution is -2.26. The van der Waals surface area contributed by atoms with E-state index in [4.69, 9.17) is 5.73 Å². The summed E-state index contributed by atoms with van der Waals surface area (Å²) < 4.78 is 29.0. The molecule has 1 aromatic heterocycles. The second-order valence-electron chi connectivity index (χ2n) is 4.10. The summed E-state index contributed by atoms with van der Waals surface area (Å²) in [6.07, 6.45) is 0.521. The van der Waals surface area contributed by atoms with E-state index in [9.17, 15) is 8.78 Å². The summed E-state index contributed by atoms with van der Waals surface area (Å²) in [4.78, 5) is 3.96. The SMILES string of the molecule is Nc1nc2n(n1)C(c1c(F)cccc1F)CCN2. The number of benzene rings is 1. The molecule has 0 bridgehead atoms. The molecule has 2 aromatic rings. The zero-order valence-corrected chi connectivity index (χ0v) is 9.40. The van der Waals surface area contributed by atoms with Gasteiger partial charge in [0, 0.05) is 12.1 Å². The summed E-state index contributed by atoms with van der Waals surface area (Å²) in [5.74, 6) is -0.642. The number of aromatic nitrogens is 3. The number of hydrogen-bond acceptors (Lipinski definition) is 4. The summed E-state index contributed by atoms with van der Waals surface area (Å²) in [7, 11) is 0. The van der Waals surface area contributed by atoms with E-state index in [0.717, 1.165) is 0 Å². The topological polar surface area (TPSA) is 68.8 Å². The predicted molar refractivity (Wildman–Crippen MR) is 62.0 cm³/mol. The fourth-order valence-corrected chi connectivity index (χ4v) is 2.22. The number of halogens is 2. The monoisotopic (exact) mass is 251 g/mol. The Kier molecular flexibility index (Phi) is 2.39. The zero-order valence-electron chi connectivity index (χ0n) is 9.40. The summed E-state index contributed by atoms with van der Waals surface area (Å²) >= 11 is 0. The van der Waals surface area contributed by atoms with Gasteiger partial charge in [0.1, 0.15) is 11.6 Å². The van der Waals surface area contributed by atoms with Crippen LogP contribution in [0.1, 0.15) is 18.0 Å². The summed E-state index contributed by atoms with van der Waals surface area (Å²) in [5, 5.41) is 6.97. The fourth-order valence-electron chi connectivity index (χ4n) is 2.22. The molecule has 7 heteroatoms. The Morgan fingerprint density at radius 2 is 2.06 bits per heavy atom. The highest BCUT2D eigenvalue weighted by atomic mass is 19.1. The maximum absolute atomic E-state index is 13.8. The van der Waals surface area contributed by atoms with Gasteiger partial charge in [-0.15, -0.1) is 5.10 Å². The standard InChI is InChI=1S/C11H11F2N5/c12-6-2-1-3-7(13)9(6)8-4-5-15-11-16-10(14)17-18(8)11/h1-3,8H,4-5H2,(H3,14,15,16,17). The maximum Gasteiger partial charge on any atom is 0.241 e. The third-order valence-corrected chi connectivity index (χ3v) is 2.98. The molecule has 0 spiro atoms. The van der Waals surface area contributed by atoms with Gasteiger partial charge in [0.25, 0.3) is 0 Å². The van der Waals surface area contributed by atoms with Crippen LogP contribution in [-0.4, -0.2) is 21.3 Å². The number of hydrogen-bond donors (Lipinski definition) is 2. The summed E-state index contributed by atoms with van der Waals surface area (Å²) in [5.41, 5.74) is 5.51. The van der Waals surface area contributed by atoms with Crippen LogP contribution in [0.3, 0.4) is 0 Å². The lowest BCUT2D eigenvalue weighted by molar-refractivity contribution is 0.433. The van der Waals surface area contributed by atoms with Crippen LogP contribution < -0.4 is 11.1 Å². The molecule has 0 aliphatic carbocycles. The van der Waals surface area contributed by atoms with Gasteiger partial charge < -0.3 is 11.1 Å². The first kappa shape index (κ1) is 10.9. The van der Waals surface area contributed by atoms with Crippen LogP contribution in [0.5, 0.6) is 0 Å². The van der Waals surface area contributed by atoms with E-state index < -0.39 is 17.7 Å². The fraction of sp³-hybridized carbons (Fsp3) is 0.273. The quantitative estimate of drug-likeness (QED) is 0.806. The minimum atomic E-state index is -0.582. The minimum Gasteiger partial charge on any atom is -0.366 e. The third kappa shape index (κ3) is 1.59. The molecule has 0 saturated heterocycles. The molecule has 1 aliphatic rings. The largest absolute Gasteiger partial charge is 0.366 e. The Labute approximate surface area is 102 Å². The molecular formula is C11H11F2N5. The second kappa shape index (κ2) is 3.94. The van der Waals surface area contributed by atoms with Crippen LogP contribution in [0.25, 0.3) is 0 Å². The van der Waals surface area contributed by atoms with Crippen molar-refractivity contribution in [1.29, 1.82) is 0 Å². The van der Waals surface area contributed by atoms with Crippen molar-refractivity contribution in [3.8, 4) is 0 Å². The molecule has 2 heterocycles. The zero-order chi connectivity index (χ0) is 12.7. The Bertz CT molecular complexity index is 575. The number of nitrogen functional groups attached to an aromatic ring is 1. The molecule has 0 saturated carbocycles. The van der Waals surface area contributed by atoms with Gasteiger partial charge in [0.05, 0.1) is 6.04 Å². The number of nitrogens with one attached hydrogen (secondary N) is 1. The Balaban J connectivity index is 2.14. The molecule has 0 amide bonds. The van der Waals surface area contributed by atoms with Gasteiger partial charge >= 0.3 is 0 Å². The molecule has 18 heavy (non-hydrogen) atoms. The summed E-state index contributed by atoms with van der Waals surface area (Å²) in [6.45, 7) is 0.566. The molecule has 0 fully saturated rings. The second-order valence-corrected chi connectivity index (χ2v) is 4.10. The number of rotatable bonds is 1. The molecule has 0 radical (unpaired) electrons. The Morgan fingerprint density at radius 1 is 1.33 bits per heavy atom. The van der Waals surface area contributed by atoms with Gasteiger partial charge in [-0.25, -0.2) is 13.5 Å². The third-order valence-electron chi connectivity index (χ3n) is 2.98.